The fraction of sp³-hybridized carbons (Fsp3) is 1.00. The van der Waals surface area contributed by atoms with Gasteiger partial charge in [-0.05, 0) is 25.2 Å². The first-order valence-electron chi connectivity index (χ1n) is 7.09. The highest BCUT2D eigenvalue weighted by molar-refractivity contribution is 7.99. The number of thioether (sulfide) groups is 1. The molecule has 1 fully saturated rings. The molecular weight excluding hydrogens is 214 g/mol. The summed E-state index contributed by atoms with van der Waals surface area (Å²) in [5.41, 5.74) is 6.20. The first kappa shape index (κ1) is 14.4. The van der Waals surface area contributed by atoms with Crippen molar-refractivity contribution in [1.82, 2.24) is 0 Å². The molecule has 0 heterocycles. The summed E-state index contributed by atoms with van der Waals surface area (Å²) in [6, 6.07) is 0.425. The van der Waals surface area contributed by atoms with Gasteiger partial charge in [-0.2, -0.15) is 11.8 Å². The van der Waals surface area contributed by atoms with E-state index in [1.807, 2.05) is 0 Å². The zero-order chi connectivity index (χ0) is 11.8. The first-order valence-corrected chi connectivity index (χ1v) is 8.14. The maximum atomic E-state index is 6.20. The average molecular weight is 243 g/mol. The molecule has 2 unspecified atom stereocenters. The molecule has 1 aliphatic carbocycles. The SMILES string of the molecule is CCCC(C)CC(N)CSC1CCCCC1. The molecule has 0 radical (unpaired) electrons. The minimum Gasteiger partial charge on any atom is -0.327 e. The van der Waals surface area contributed by atoms with Gasteiger partial charge in [-0.25, -0.2) is 0 Å². The second kappa shape index (κ2) is 8.41. The molecular formula is C14H29NS. The zero-order valence-electron chi connectivity index (χ0n) is 11.1. The highest BCUT2D eigenvalue weighted by atomic mass is 32.2. The van der Waals surface area contributed by atoms with Crippen molar-refractivity contribution in [1.29, 1.82) is 0 Å². The van der Waals surface area contributed by atoms with E-state index >= 15 is 0 Å². The van der Waals surface area contributed by atoms with Gasteiger partial charge in [-0.3, -0.25) is 0 Å². The van der Waals surface area contributed by atoms with Gasteiger partial charge < -0.3 is 5.73 Å². The van der Waals surface area contributed by atoms with Gasteiger partial charge in [0.15, 0.2) is 0 Å². The molecule has 2 N–H and O–H groups in total. The number of rotatable bonds is 7. The Morgan fingerprint density at radius 1 is 1.25 bits per heavy atom. The van der Waals surface area contributed by atoms with Crippen LogP contribution in [-0.4, -0.2) is 17.0 Å². The summed E-state index contributed by atoms with van der Waals surface area (Å²) in [6.07, 6.45) is 11.1. The highest BCUT2D eigenvalue weighted by Gasteiger charge is 2.16. The van der Waals surface area contributed by atoms with Crippen molar-refractivity contribution in [3.05, 3.63) is 0 Å². The Morgan fingerprint density at radius 3 is 2.56 bits per heavy atom. The van der Waals surface area contributed by atoms with Crippen molar-refractivity contribution in [2.24, 2.45) is 11.7 Å². The zero-order valence-corrected chi connectivity index (χ0v) is 11.9. The standard InChI is InChI=1S/C14H29NS/c1-3-7-12(2)10-13(15)11-16-14-8-5-4-6-9-14/h12-14H,3-11,15H2,1-2H3. The molecule has 16 heavy (non-hydrogen) atoms. The highest BCUT2D eigenvalue weighted by Crippen LogP contribution is 2.29. The summed E-state index contributed by atoms with van der Waals surface area (Å²) in [4.78, 5) is 0. The van der Waals surface area contributed by atoms with E-state index in [2.05, 4.69) is 25.6 Å². The Hall–Kier alpha value is 0.310. The van der Waals surface area contributed by atoms with Crippen molar-refractivity contribution >= 4 is 11.8 Å². The molecule has 1 nitrogen and oxygen atoms in total. The first-order chi connectivity index (χ1) is 7.72. The molecule has 96 valence electrons. The largest absolute Gasteiger partial charge is 0.327 e. The Kier molecular flexibility index (Phi) is 7.55. The molecule has 0 amide bonds. The fourth-order valence-electron chi connectivity index (χ4n) is 2.69. The van der Waals surface area contributed by atoms with Crippen molar-refractivity contribution in [3.63, 3.8) is 0 Å². The second-order valence-electron chi connectivity index (χ2n) is 5.48. The summed E-state index contributed by atoms with van der Waals surface area (Å²) in [6.45, 7) is 4.60. The maximum Gasteiger partial charge on any atom is 0.0133 e. The summed E-state index contributed by atoms with van der Waals surface area (Å²) >= 11 is 2.14. The van der Waals surface area contributed by atoms with Crippen molar-refractivity contribution in [2.75, 3.05) is 5.75 Å². The predicted molar refractivity (Wildman–Crippen MR) is 76.0 cm³/mol. The van der Waals surface area contributed by atoms with E-state index in [1.54, 1.807) is 0 Å². The van der Waals surface area contributed by atoms with Gasteiger partial charge in [0, 0.05) is 17.0 Å². The van der Waals surface area contributed by atoms with E-state index in [0.717, 1.165) is 11.2 Å². The van der Waals surface area contributed by atoms with Crippen LogP contribution in [0, 0.1) is 5.92 Å². The molecule has 1 saturated carbocycles. The monoisotopic (exact) mass is 243 g/mol. The molecule has 0 spiro atoms. The minimum absolute atomic E-state index is 0.425. The maximum absolute atomic E-state index is 6.20. The molecule has 0 aliphatic heterocycles. The van der Waals surface area contributed by atoms with Crippen LogP contribution in [0.25, 0.3) is 0 Å². The average Bonchev–Trinajstić information content (AvgIpc) is 2.28. The van der Waals surface area contributed by atoms with Crippen molar-refractivity contribution < 1.29 is 0 Å². The lowest BCUT2D eigenvalue weighted by atomic mass is 9.98. The van der Waals surface area contributed by atoms with Gasteiger partial charge in [0.05, 0.1) is 0 Å². The Labute approximate surface area is 106 Å². The van der Waals surface area contributed by atoms with Crippen LogP contribution in [-0.2, 0) is 0 Å². The third kappa shape index (κ3) is 6.15. The van der Waals surface area contributed by atoms with Gasteiger partial charge >= 0.3 is 0 Å². The summed E-state index contributed by atoms with van der Waals surface area (Å²) in [5, 5.41) is 0.918. The number of nitrogens with two attached hydrogens (primary N) is 1. The van der Waals surface area contributed by atoms with E-state index in [-0.39, 0.29) is 0 Å². The third-order valence-electron chi connectivity index (χ3n) is 3.58. The molecule has 1 rings (SSSR count). The quantitative estimate of drug-likeness (QED) is 0.725. The van der Waals surface area contributed by atoms with E-state index in [4.69, 9.17) is 5.73 Å². The van der Waals surface area contributed by atoms with Crippen LogP contribution >= 0.6 is 11.8 Å². The smallest absolute Gasteiger partial charge is 0.0133 e. The topological polar surface area (TPSA) is 26.0 Å². The van der Waals surface area contributed by atoms with Crippen LogP contribution in [0.2, 0.25) is 0 Å². The summed E-state index contributed by atoms with van der Waals surface area (Å²) < 4.78 is 0. The Balaban J connectivity index is 2.06. The van der Waals surface area contributed by atoms with Gasteiger partial charge in [0.1, 0.15) is 0 Å². The van der Waals surface area contributed by atoms with E-state index in [0.29, 0.717) is 6.04 Å². The van der Waals surface area contributed by atoms with Crippen LogP contribution in [0.3, 0.4) is 0 Å². The van der Waals surface area contributed by atoms with Crippen molar-refractivity contribution in [2.45, 2.75) is 76.5 Å². The third-order valence-corrected chi connectivity index (χ3v) is 5.15. The van der Waals surface area contributed by atoms with E-state index in [1.165, 1.54) is 57.1 Å². The van der Waals surface area contributed by atoms with Crippen LogP contribution < -0.4 is 5.73 Å². The van der Waals surface area contributed by atoms with Crippen molar-refractivity contribution in [3.8, 4) is 0 Å². The fourth-order valence-corrected chi connectivity index (χ4v) is 4.01. The Bertz CT molecular complexity index is 166. The predicted octanol–water partition coefficient (Wildman–Crippen LogP) is 4.21. The van der Waals surface area contributed by atoms with Gasteiger partial charge in [0.25, 0.3) is 0 Å². The van der Waals surface area contributed by atoms with Crippen LogP contribution in [0.4, 0.5) is 0 Å². The lowest BCUT2D eigenvalue weighted by molar-refractivity contribution is 0.449. The molecule has 0 aromatic heterocycles. The molecule has 0 saturated heterocycles. The lowest BCUT2D eigenvalue weighted by Crippen LogP contribution is -2.27. The van der Waals surface area contributed by atoms with Crippen LogP contribution in [0.15, 0.2) is 0 Å². The number of hydrogen-bond donors (Lipinski definition) is 1. The lowest BCUT2D eigenvalue weighted by Gasteiger charge is -2.23. The normalized spacial score (nSPS) is 21.9. The van der Waals surface area contributed by atoms with Gasteiger partial charge in [-0.15, -0.1) is 0 Å². The van der Waals surface area contributed by atoms with Crippen LogP contribution in [0.5, 0.6) is 0 Å². The summed E-state index contributed by atoms with van der Waals surface area (Å²) in [7, 11) is 0. The molecule has 1 aliphatic rings. The van der Waals surface area contributed by atoms with Crippen LogP contribution in [0.1, 0.15) is 65.2 Å². The molecule has 2 atom stereocenters. The minimum atomic E-state index is 0.425. The number of hydrogen-bond acceptors (Lipinski definition) is 2. The van der Waals surface area contributed by atoms with E-state index in [9.17, 15) is 0 Å². The molecule has 0 aromatic carbocycles. The van der Waals surface area contributed by atoms with E-state index < -0.39 is 0 Å². The molecule has 0 aromatic rings. The Morgan fingerprint density at radius 2 is 1.94 bits per heavy atom. The molecule has 0 bridgehead atoms. The molecule has 2 heteroatoms. The van der Waals surface area contributed by atoms with Gasteiger partial charge in [-0.1, -0.05) is 46.0 Å². The van der Waals surface area contributed by atoms with Gasteiger partial charge in [0.2, 0.25) is 0 Å². The summed E-state index contributed by atoms with van der Waals surface area (Å²) in [5.74, 6) is 1.99. The second-order valence-corrected chi connectivity index (χ2v) is 6.82.